The first-order chi connectivity index (χ1) is 14.3. The summed E-state index contributed by atoms with van der Waals surface area (Å²) in [4.78, 5) is 25.2. The van der Waals surface area contributed by atoms with E-state index in [-0.39, 0.29) is 41.2 Å². The van der Waals surface area contributed by atoms with Crippen LogP contribution in [0.15, 0.2) is 58.1 Å². The van der Waals surface area contributed by atoms with E-state index in [9.17, 15) is 22.8 Å². The normalized spacial score (nSPS) is 27.5. The number of carbonyl (C=O) groups is 2. The van der Waals surface area contributed by atoms with E-state index in [0.717, 1.165) is 11.4 Å². The monoisotopic (exact) mass is 416 g/mol. The molecular weight excluding hydrogens is 401 g/mol. The summed E-state index contributed by atoms with van der Waals surface area (Å²) >= 11 is 0. The highest BCUT2D eigenvalue weighted by molar-refractivity contribution is 6.06. The van der Waals surface area contributed by atoms with Crippen molar-refractivity contribution in [3.63, 3.8) is 0 Å². The van der Waals surface area contributed by atoms with Gasteiger partial charge in [-0.25, -0.2) is 0 Å². The third kappa shape index (κ3) is 3.10. The number of imide groups is 1. The molecule has 0 radical (unpaired) electrons. The zero-order chi connectivity index (χ0) is 21.0. The summed E-state index contributed by atoms with van der Waals surface area (Å²) in [6.07, 6.45) is 1.39. The number of ether oxygens (including phenoxy) is 1. The Morgan fingerprint density at radius 3 is 2.23 bits per heavy atom. The molecule has 154 valence electrons. The van der Waals surface area contributed by atoms with E-state index in [2.05, 4.69) is 9.84 Å². The molecule has 9 heteroatoms. The molecule has 1 aromatic heterocycles. The van der Waals surface area contributed by atoms with Crippen molar-refractivity contribution in [2.75, 3.05) is 0 Å². The van der Waals surface area contributed by atoms with Gasteiger partial charge >= 0.3 is 6.36 Å². The van der Waals surface area contributed by atoms with Crippen molar-refractivity contribution < 1.29 is 31.9 Å². The number of benzene rings is 1. The van der Waals surface area contributed by atoms with Crippen LogP contribution >= 0.6 is 0 Å². The molecule has 0 spiro atoms. The fourth-order valence-corrected chi connectivity index (χ4v) is 4.51. The maximum Gasteiger partial charge on any atom is 0.573 e. The van der Waals surface area contributed by atoms with Crippen LogP contribution in [0.4, 0.5) is 13.2 Å². The van der Waals surface area contributed by atoms with Gasteiger partial charge < -0.3 is 9.15 Å². The number of hydrogen-bond donors (Lipinski definition) is 0. The molecule has 1 aromatic carbocycles. The molecule has 2 heterocycles. The van der Waals surface area contributed by atoms with Crippen molar-refractivity contribution in [1.29, 1.82) is 0 Å². The van der Waals surface area contributed by atoms with Gasteiger partial charge in [0.15, 0.2) is 0 Å². The highest BCUT2D eigenvalue weighted by atomic mass is 19.4. The Morgan fingerprint density at radius 1 is 1.00 bits per heavy atom. The fourth-order valence-electron chi connectivity index (χ4n) is 4.51. The van der Waals surface area contributed by atoms with Crippen LogP contribution in [0.3, 0.4) is 0 Å². The summed E-state index contributed by atoms with van der Waals surface area (Å²) in [5.41, 5.74) is 0.537. The third-order valence-corrected chi connectivity index (χ3v) is 5.75. The molecular formula is C21H15F3N2O4. The van der Waals surface area contributed by atoms with Crippen molar-refractivity contribution >= 4 is 18.0 Å². The number of nitrogens with zero attached hydrogens (tertiary/aromatic N) is 2. The maximum absolute atomic E-state index is 12.6. The Labute approximate surface area is 168 Å². The maximum atomic E-state index is 12.6. The van der Waals surface area contributed by atoms with Gasteiger partial charge in [0, 0.05) is 5.56 Å². The number of alkyl halides is 3. The highest BCUT2D eigenvalue weighted by Gasteiger charge is 2.59. The molecule has 4 atom stereocenters. The van der Waals surface area contributed by atoms with Gasteiger partial charge in [-0.15, -0.1) is 13.2 Å². The van der Waals surface area contributed by atoms with Gasteiger partial charge in [0.25, 0.3) is 11.8 Å². The lowest BCUT2D eigenvalue weighted by Crippen LogP contribution is -2.28. The summed E-state index contributed by atoms with van der Waals surface area (Å²) in [5, 5.41) is 4.96. The first-order valence-electron chi connectivity index (χ1n) is 9.36. The highest BCUT2D eigenvalue weighted by Crippen LogP contribution is 2.52. The number of furan rings is 1. The lowest BCUT2D eigenvalue weighted by Gasteiger charge is -2.13. The van der Waals surface area contributed by atoms with Crippen LogP contribution in [0, 0.1) is 23.7 Å². The van der Waals surface area contributed by atoms with Crippen LogP contribution in [0.1, 0.15) is 12.2 Å². The molecule has 2 fully saturated rings. The van der Waals surface area contributed by atoms with Crippen LogP contribution in [-0.2, 0) is 9.59 Å². The minimum Gasteiger partial charge on any atom is -0.455 e. The summed E-state index contributed by atoms with van der Waals surface area (Å²) in [6.45, 7) is 0. The lowest BCUT2D eigenvalue weighted by atomic mass is 9.85. The van der Waals surface area contributed by atoms with E-state index in [4.69, 9.17) is 4.42 Å². The number of fused-ring (bicyclic) bond motifs is 5. The van der Waals surface area contributed by atoms with Gasteiger partial charge in [-0.2, -0.15) is 10.1 Å². The van der Waals surface area contributed by atoms with E-state index < -0.39 is 6.36 Å². The van der Waals surface area contributed by atoms with E-state index in [0.29, 0.717) is 17.1 Å². The molecule has 2 aliphatic carbocycles. The van der Waals surface area contributed by atoms with Crippen molar-refractivity contribution in [1.82, 2.24) is 5.01 Å². The fraction of sp³-hybridized carbons (Fsp3) is 0.286. The summed E-state index contributed by atoms with van der Waals surface area (Å²) in [6, 6.07) is 8.43. The SMILES string of the molecule is O=C1[C@@H]2[C@H](C(=O)N1N=Cc1ccc(-c3ccc(OC(F)(F)F)cc3)o1)[C@H]1C=C[C@H]2C1. The van der Waals surface area contributed by atoms with Gasteiger partial charge in [-0.1, -0.05) is 12.2 Å². The first-order valence-corrected chi connectivity index (χ1v) is 9.36. The van der Waals surface area contributed by atoms with Crippen LogP contribution in [0.25, 0.3) is 11.3 Å². The lowest BCUT2D eigenvalue weighted by molar-refractivity contribution is -0.274. The predicted octanol–water partition coefficient (Wildman–Crippen LogP) is 3.99. The first kappa shape index (κ1) is 18.7. The summed E-state index contributed by atoms with van der Waals surface area (Å²) in [7, 11) is 0. The Morgan fingerprint density at radius 2 is 1.63 bits per heavy atom. The van der Waals surface area contributed by atoms with E-state index in [1.807, 2.05) is 12.2 Å². The van der Waals surface area contributed by atoms with Crippen LogP contribution in [0.5, 0.6) is 5.75 Å². The molecule has 2 bridgehead atoms. The molecule has 1 saturated heterocycles. The van der Waals surface area contributed by atoms with Crippen LogP contribution in [-0.4, -0.2) is 29.4 Å². The van der Waals surface area contributed by atoms with Crippen molar-refractivity contribution in [3.8, 4) is 17.1 Å². The number of allylic oxidation sites excluding steroid dienone is 2. The summed E-state index contributed by atoms with van der Waals surface area (Å²) in [5.74, 6) is -0.640. The van der Waals surface area contributed by atoms with Crippen LogP contribution in [0.2, 0.25) is 0 Å². The molecule has 3 aliphatic rings. The largest absolute Gasteiger partial charge is 0.573 e. The Bertz CT molecular complexity index is 1040. The van der Waals surface area contributed by atoms with E-state index in [1.165, 1.54) is 30.5 Å². The molecule has 6 nitrogen and oxygen atoms in total. The second kappa shape index (κ2) is 6.58. The molecule has 0 unspecified atom stereocenters. The van der Waals surface area contributed by atoms with Crippen LogP contribution < -0.4 is 4.74 Å². The minimum atomic E-state index is -4.76. The van der Waals surface area contributed by atoms with Crippen molar-refractivity contribution in [2.24, 2.45) is 28.8 Å². The molecule has 1 aliphatic heterocycles. The van der Waals surface area contributed by atoms with Gasteiger partial charge in [-0.05, 0) is 54.7 Å². The zero-order valence-electron chi connectivity index (χ0n) is 15.4. The second-order valence-electron chi connectivity index (χ2n) is 7.51. The average molecular weight is 416 g/mol. The number of carbonyl (C=O) groups excluding carboxylic acids is 2. The zero-order valence-corrected chi connectivity index (χ0v) is 15.4. The topological polar surface area (TPSA) is 72.1 Å². The Hall–Kier alpha value is -3.36. The Balaban J connectivity index is 1.29. The van der Waals surface area contributed by atoms with Gasteiger partial charge in [0.1, 0.15) is 17.3 Å². The predicted molar refractivity (Wildman–Crippen MR) is 98.0 cm³/mol. The quantitative estimate of drug-likeness (QED) is 0.429. The molecule has 30 heavy (non-hydrogen) atoms. The number of hydrogen-bond acceptors (Lipinski definition) is 5. The smallest absolute Gasteiger partial charge is 0.455 e. The average Bonchev–Trinajstić information content (AvgIpc) is 3.45. The standard InChI is InChI=1S/C21H15F3N2O4/c22-21(23,24)30-14-5-3-11(4-6-14)16-8-7-15(29-16)10-25-26-19(27)17-12-1-2-13(9-12)18(17)20(26)28/h1-8,10,12-13,17-18H,9H2/t12-,13-,17-,18+/m0/s1. The number of rotatable bonds is 4. The minimum absolute atomic E-state index is 0.108. The van der Waals surface area contributed by atoms with Gasteiger partial charge in [0.05, 0.1) is 18.1 Å². The molecule has 0 N–H and O–H groups in total. The molecule has 5 rings (SSSR count). The summed E-state index contributed by atoms with van der Waals surface area (Å²) < 4.78 is 46.2. The molecule has 2 aromatic rings. The van der Waals surface area contributed by atoms with Crippen molar-refractivity contribution in [2.45, 2.75) is 12.8 Å². The van der Waals surface area contributed by atoms with E-state index >= 15 is 0 Å². The Kier molecular flexibility index (Phi) is 4.09. The number of hydrazone groups is 1. The second-order valence-corrected chi connectivity index (χ2v) is 7.51. The van der Waals surface area contributed by atoms with Gasteiger partial charge in [-0.3, -0.25) is 9.59 Å². The van der Waals surface area contributed by atoms with Gasteiger partial charge in [0.2, 0.25) is 0 Å². The number of amides is 2. The number of halogens is 3. The molecule has 2 amide bonds. The molecule has 1 saturated carbocycles. The van der Waals surface area contributed by atoms with E-state index in [1.54, 1.807) is 12.1 Å². The third-order valence-electron chi connectivity index (χ3n) is 5.75. The van der Waals surface area contributed by atoms with Crippen molar-refractivity contribution in [3.05, 3.63) is 54.3 Å².